The van der Waals surface area contributed by atoms with E-state index in [9.17, 15) is 4.79 Å². The number of ether oxygens (including phenoxy) is 1. The Bertz CT molecular complexity index is 333. The van der Waals surface area contributed by atoms with Gasteiger partial charge in [0, 0.05) is 18.4 Å². The van der Waals surface area contributed by atoms with Gasteiger partial charge in [-0.25, -0.2) is 4.79 Å². The van der Waals surface area contributed by atoms with Crippen LogP contribution in [0.15, 0.2) is 0 Å². The highest BCUT2D eigenvalue weighted by molar-refractivity contribution is 9.09. The minimum atomic E-state index is -0.387. The molecule has 1 aliphatic rings. The molecule has 1 aliphatic heterocycles. The number of piperidine rings is 1. The molecule has 24 heavy (non-hydrogen) atoms. The second-order valence-corrected chi connectivity index (χ2v) is 9.01. The van der Waals surface area contributed by atoms with Gasteiger partial charge in [0.1, 0.15) is 5.60 Å². The molecule has 1 rings (SSSR count). The van der Waals surface area contributed by atoms with Gasteiger partial charge in [0.2, 0.25) is 0 Å². The number of carbonyl (C=O) groups excluding carboxylic acids is 1. The Kier molecular flexibility index (Phi) is 11.0. The third-order valence-corrected chi connectivity index (χ3v) is 5.32. The summed E-state index contributed by atoms with van der Waals surface area (Å²) in [6.07, 6.45) is 14.5. The van der Waals surface area contributed by atoms with Gasteiger partial charge in [-0.1, -0.05) is 67.3 Å². The van der Waals surface area contributed by atoms with Gasteiger partial charge in [-0.05, 0) is 46.0 Å². The van der Waals surface area contributed by atoms with Crippen LogP contribution in [0, 0.1) is 5.92 Å². The van der Waals surface area contributed by atoms with Crippen LogP contribution in [-0.2, 0) is 4.74 Å². The number of amides is 1. The molecule has 0 unspecified atom stereocenters. The molecule has 1 saturated heterocycles. The SMILES string of the molecule is CC(C)(C)OC(=O)N1CCC(CCCCCCCCCCBr)CC1. The van der Waals surface area contributed by atoms with Gasteiger partial charge in [-0.2, -0.15) is 0 Å². The number of likely N-dealkylation sites (tertiary alicyclic amines) is 1. The van der Waals surface area contributed by atoms with E-state index in [1.807, 2.05) is 25.7 Å². The molecule has 0 radical (unpaired) electrons. The lowest BCUT2D eigenvalue weighted by Crippen LogP contribution is -2.41. The van der Waals surface area contributed by atoms with Crippen LogP contribution in [0.2, 0.25) is 0 Å². The molecule has 0 N–H and O–H groups in total. The number of carbonyl (C=O) groups is 1. The molecule has 1 heterocycles. The molecular formula is C20H38BrNO2. The first-order valence-corrected chi connectivity index (χ1v) is 11.1. The third-order valence-electron chi connectivity index (χ3n) is 4.76. The van der Waals surface area contributed by atoms with Crippen molar-refractivity contribution < 1.29 is 9.53 Å². The van der Waals surface area contributed by atoms with Crippen LogP contribution in [0.5, 0.6) is 0 Å². The Labute approximate surface area is 158 Å². The van der Waals surface area contributed by atoms with Crippen LogP contribution >= 0.6 is 15.9 Å². The standard InChI is InChI=1S/C20H38BrNO2/c1-20(2,3)24-19(23)22-16-13-18(14-17-22)12-10-8-6-4-5-7-9-11-15-21/h18H,4-17H2,1-3H3. The smallest absolute Gasteiger partial charge is 0.410 e. The fraction of sp³-hybridized carbons (Fsp3) is 0.950. The zero-order valence-corrected chi connectivity index (χ0v) is 17.7. The molecule has 1 amide bonds. The fourth-order valence-corrected chi connectivity index (χ4v) is 3.72. The normalized spacial score (nSPS) is 16.4. The number of unbranched alkanes of at least 4 members (excludes halogenated alkanes) is 7. The van der Waals surface area contributed by atoms with Crippen molar-refractivity contribution in [1.82, 2.24) is 4.90 Å². The topological polar surface area (TPSA) is 29.5 Å². The summed E-state index contributed by atoms with van der Waals surface area (Å²) >= 11 is 3.49. The maximum atomic E-state index is 12.0. The van der Waals surface area contributed by atoms with Crippen molar-refractivity contribution in [3.8, 4) is 0 Å². The first-order chi connectivity index (χ1) is 11.4. The van der Waals surface area contributed by atoms with Gasteiger partial charge in [0.25, 0.3) is 0 Å². The van der Waals surface area contributed by atoms with E-state index in [1.54, 1.807) is 0 Å². The van der Waals surface area contributed by atoms with E-state index in [2.05, 4.69) is 15.9 Å². The molecule has 4 heteroatoms. The molecular weight excluding hydrogens is 366 g/mol. The molecule has 0 aliphatic carbocycles. The lowest BCUT2D eigenvalue weighted by atomic mass is 9.91. The molecule has 3 nitrogen and oxygen atoms in total. The van der Waals surface area contributed by atoms with Crippen molar-refractivity contribution in [2.45, 2.75) is 97.0 Å². The summed E-state index contributed by atoms with van der Waals surface area (Å²) in [5.41, 5.74) is -0.387. The molecule has 142 valence electrons. The third kappa shape index (κ3) is 10.6. The quantitative estimate of drug-likeness (QED) is 0.306. The van der Waals surface area contributed by atoms with E-state index in [4.69, 9.17) is 4.74 Å². The number of hydrogen-bond acceptors (Lipinski definition) is 2. The van der Waals surface area contributed by atoms with E-state index in [-0.39, 0.29) is 11.7 Å². The van der Waals surface area contributed by atoms with Crippen molar-refractivity contribution >= 4 is 22.0 Å². The maximum absolute atomic E-state index is 12.0. The van der Waals surface area contributed by atoms with Gasteiger partial charge in [-0.15, -0.1) is 0 Å². The maximum Gasteiger partial charge on any atom is 0.410 e. The van der Waals surface area contributed by atoms with Gasteiger partial charge in [0.05, 0.1) is 0 Å². The summed E-state index contributed by atoms with van der Waals surface area (Å²) in [6.45, 7) is 7.53. The van der Waals surface area contributed by atoms with E-state index in [0.29, 0.717) is 0 Å². The van der Waals surface area contributed by atoms with Crippen LogP contribution < -0.4 is 0 Å². The molecule has 0 aromatic heterocycles. The Balaban J connectivity index is 1.99. The van der Waals surface area contributed by atoms with Crippen LogP contribution in [0.4, 0.5) is 4.79 Å². The highest BCUT2D eigenvalue weighted by Crippen LogP contribution is 2.24. The van der Waals surface area contributed by atoms with Crippen molar-refractivity contribution in [3.05, 3.63) is 0 Å². The van der Waals surface area contributed by atoms with E-state index in [0.717, 1.165) is 37.2 Å². The lowest BCUT2D eigenvalue weighted by Gasteiger charge is -2.33. The van der Waals surface area contributed by atoms with Crippen molar-refractivity contribution in [2.24, 2.45) is 5.92 Å². The monoisotopic (exact) mass is 403 g/mol. The zero-order valence-electron chi connectivity index (χ0n) is 16.1. The first-order valence-electron chi connectivity index (χ1n) is 9.96. The Morgan fingerprint density at radius 3 is 1.96 bits per heavy atom. The Morgan fingerprint density at radius 1 is 0.958 bits per heavy atom. The van der Waals surface area contributed by atoms with Gasteiger partial charge >= 0.3 is 6.09 Å². The molecule has 0 aromatic carbocycles. The minimum Gasteiger partial charge on any atom is -0.444 e. The Hall–Kier alpha value is -0.250. The number of alkyl halides is 1. The number of rotatable bonds is 10. The van der Waals surface area contributed by atoms with Gasteiger partial charge < -0.3 is 9.64 Å². The molecule has 0 saturated carbocycles. The highest BCUT2D eigenvalue weighted by atomic mass is 79.9. The largest absolute Gasteiger partial charge is 0.444 e. The van der Waals surface area contributed by atoms with Crippen molar-refractivity contribution in [1.29, 1.82) is 0 Å². The summed E-state index contributed by atoms with van der Waals surface area (Å²) in [6, 6.07) is 0. The molecule has 1 fully saturated rings. The predicted octanol–water partition coefficient (Wildman–Crippen LogP) is 6.54. The molecule has 0 spiro atoms. The summed E-state index contributed by atoms with van der Waals surface area (Å²) in [4.78, 5) is 13.9. The van der Waals surface area contributed by atoms with Crippen LogP contribution in [0.3, 0.4) is 0 Å². The number of hydrogen-bond donors (Lipinski definition) is 0. The summed E-state index contributed by atoms with van der Waals surface area (Å²) in [5.74, 6) is 0.808. The average molecular weight is 404 g/mol. The van der Waals surface area contributed by atoms with E-state index < -0.39 is 0 Å². The van der Waals surface area contributed by atoms with Crippen LogP contribution in [-0.4, -0.2) is 35.0 Å². The first kappa shape index (κ1) is 21.8. The number of halogens is 1. The number of nitrogens with zero attached hydrogens (tertiary/aromatic N) is 1. The predicted molar refractivity (Wildman–Crippen MR) is 106 cm³/mol. The van der Waals surface area contributed by atoms with Crippen LogP contribution in [0.25, 0.3) is 0 Å². The Morgan fingerprint density at radius 2 is 1.46 bits per heavy atom. The zero-order chi connectivity index (χ0) is 17.8. The second-order valence-electron chi connectivity index (χ2n) is 8.22. The summed E-state index contributed by atoms with van der Waals surface area (Å²) in [5, 5.41) is 1.15. The van der Waals surface area contributed by atoms with Crippen LogP contribution in [0.1, 0.15) is 91.4 Å². The van der Waals surface area contributed by atoms with Gasteiger partial charge in [0.15, 0.2) is 0 Å². The lowest BCUT2D eigenvalue weighted by molar-refractivity contribution is 0.0180. The van der Waals surface area contributed by atoms with E-state index in [1.165, 1.54) is 57.8 Å². The molecule has 0 bridgehead atoms. The molecule has 0 aromatic rings. The van der Waals surface area contributed by atoms with Crippen molar-refractivity contribution in [2.75, 3.05) is 18.4 Å². The van der Waals surface area contributed by atoms with Crippen molar-refractivity contribution in [3.63, 3.8) is 0 Å². The summed E-state index contributed by atoms with van der Waals surface area (Å²) in [7, 11) is 0. The highest BCUT2D eigenvalue weighted by Gasteiger charge is 2.26. The molecule has 0 atom stereocenters. The second kappa shape index (κ2) is 12.2. The summed E-state index contributed by atoms with van der Waals surface area (Å²) < 4.78 is 5.46. The minimum absolute atomic E-state index is 0.138. The van der Waals surface area contributed by atoms with E-state index >= 15 is 0 Å². The average Bonchev–Trinajstić information content (AvgIpc) is 2.52. The van der Waals surface area contributed by atoms with Gasteiger partial charge in [-0.3, -0.25) is 0 Å². The fourth-order valence-electron chi connectivity index (χ4n) is 3.32.